The highest BCUT2D eigenvalue weighted by atomic mass is 19.1. The van der Waals surface area contributed by atoms with Gasteiger partial charge in [0.25, 0.3) is 5.91 Å². The van der Waals surface area contributed by atoms with Crippen molar-refractivity contribution < 1.29 is 9.18 Å². The Hall–Kier alpha value is -2.98. The molecule has 1 heterocycles. The highest BCUT2D eigenvalue weighted by Gasteiger charge is 2.30. The van der Waals surface area contributed by atoms with Crippen molar-refractivity contribution in [2.75, 3.05) is 18.0 Å². The van der Waals surface area contributed by atoms with Gasteiger partial charge >= 0.3 is 0 Å². The lowest BCUT2D eigenvalue weighted by Crippen LogP contribution is -2.47. The van der Waals surface area contributed by atoms with E-state index in [1.165, 1.54) is 17.2 Å². The number of nitrogens with zero attached hydrogens (tertiary/aromatic N) is 2. The Labute approximate surface area is 184 Å². The van der Waals surface area contributed by atoms with Crippen LogP contribution < -0.4 is 4.90 Å². The van der Waals surface area contributed by atoms with Crippen LogP contribution in [0.2, 0.25) is 0 Å². The third-order valence-corrected chi connectivity index (χ3v) is 6.08. The minimum atomic E-state index is -0.278. The summed E-state index contributed by atoms with van der Waals surface area (Å²) in [4.78, 5) is 17.7. The van der Waals surface area contributed by atoms with Gasteiger partial charge in [-0.25, -0.2) is 4.39 Å². The monoisotopic (exact) mass is 416 g/mol. The zero-order valence-electron chi connectivity index (χ0n) is 18.2. The quantitative estimate of drug-likeness (QED) is 0.528. The first-order chi connectivity index (χ1) is 15.0. The Morgan fingerprint density at radius 2 is 1.71 bits per heavy atom. The zero-order valence-corrected chi connectivity index (χ0v) is 18.2. The molecule has 0 aliphatic carbocycles. The predicted molar refractivity (Wildman–Crippen MR) is 124 cm³/mol. The van der Waals surface area contributed by atoms with Crippen molar-refractivity contribution in [3.8, 4) is 0 Å². The highest BCUT2D eigenvalue weighted by Crippen LogP contribution is 2.28. The van der Waals surface area contributed by atoms with E-state index in [1.54, 1.807) is 13.0 Å². The average molecular weight is 417 g/mol. The van der Waals surface area contributed by atoms with Crippen molar-refractivity contribution in [2.24, 2.45) is 0 Å². The molecule has 0 saturated carbocycles. The van der Waals surface area contributed by atoms with Crippen LogP contribution in [0.3, 0.4) is 0 Å². The van der Waals surface area contributed by atoms with E-state index in [0.717, 1.165) is 32.5 Å². The molecule has 0 N–H and O–H groups in total. The average Bonchev–Trinajstić information content (AvgIpc) is 2.78. The number of amides is 1. The van der Waals surface area contributed by atoms with Crippen LogP contribution in [0.5, 0.6) is 0 Å². The van der Waals surface area contributed by atoms with Gasteiger partial charge in [0, 0.05) is 36.9 Å². The Kier molecular flexibility index (Phi) is 6.47. The predicted octanol–water partition coefficient (Wildman–Crippen LogP) is 5.75. The van der Waals surface area contributed by atoms with Crippen LogP contribution >= 0.6 is 0 Å². The van der Waals surface area contributed by atoms with E-state index in [1.807, 2.05) is 41.3 Å². The number of benzene rings is 3. The van der Waals surface area contributed by atoms with Gasteiger partial charge in [0.1, 0.15) is 5.82 Å². The van der Waals surface area contributed by atoms with Gasteiger partial charge in [-0.15, -0.1) is 0 Å². The second-order valence-electron chi connectivity index (χ2n) is 8.47. The summed E-state index contributed by atoms with van der Waals surface area (Å²) in [5, 5.41) is 0. The van der Waals surface area contributed by atoms with E-state index >= 15 is 0 Å². The molecule has 0 radical (unpaired) electrons. The van der Waals surface area contributed by atoms with Crippen LogP contribution in [0.25, 0.3) is 0 Å². The molecule has 160 valence electrons. The number of hydrogen-bond acceptors (Lipinski definition) is 2. The van der Waals surface area contributed by atoms with E-state index in [2.05, 4.69) is 36.1 Å². The Morgan fingerprint density at radius 3 is 2.39 bits per heavy atom. The molecule has 0 spiro atoms. The van der Waals surface area contributed by atoms with Gasteiger partial charge in [-0.3, -0.25) is 9.69 Å². The number of halogens is 1. The fraction of sp³-hybridized carbons (Fsp3) is 0.296. The summed E-state index contributed by atoms with van der Waals surface area (Å²) >= 11 is 0. The molecule has 0 bridgehead atoms. The zero-order chi connectivity index (χ0) is 21.8. The first-order valence-electron chi connectivity index (χ1n) is 10.9. The molecule has 0 unspecified atom stereocenters. The second-order valence-corrected chi connectivity index (χ2v) is 8.47. The fourth-order valence-corrected chi connectivity index (χ4v) is 4.35. The van der Waals surface area contributed by atoms with Crippen molar-refractivity contribution in [3.63, 3.8) is 0 Å². The van der Waals surface area contributed by atoms with Crippen LogP contribution in [0.1, 0.15) is 39.9 Å². The fourth-order valence-electron chi connectivity index (χ4n) is 4.35. The first kappa shape index (κ1) is 21.3. The van der Waals surface area contributed by atoms with Crippen molar-refractivity contribution in [1.82, 2.24) is 4.90 Å². The smallest absolute Gasteiger partial charge is 0.258 e. The third kappa shape index (κ3) is 5.02. The Balaban J connectivity index is 1.53. The summed E-state index contributed by atoms with van der Waals surface area (Å²) < 4.78 is 14.4. The number of anilines is 1. The number of rotatable bonds is 5. The van der Waals surface area contributed by atoms with E-state index in [0.29, 0.717) is 16.8 Å². The topological polar surface area (TPSA) is 23.6 Å². The van der Waals surface area contributed by atoms with E-state index in [9.17, 15) is 9.18 Å². The molecule has 1 amide bonds. The van der Waals surface area contributed by atoms with E-state index in [-0.39, 0.29) is 17.8 Å². The minimum Gasteiger partial charge on any atom is -0.305 e. The van der Waals surface area contributed by atoms with Crippen LogP contribution in [0.15, 0.2) is 72.8 Å². The summed E-state index contributed by atoms with van der Waals surface area (Å²) in [6.07, 6.45) is 1.72. The van der Waals surface area contributed by atoms with Gasteiger partial charge in [0.15, 0.2) is 0 Å². The number of carbonyl (C=O) groups is 1. The lowest BCUT2D eigenvalue weighted by atomic mass is 9.99. The number of aryl methyl sites for hydroxylation is 2. The van der Waals surface area contributed by atoms with Crippen LogP contribution in [-0.4, -0.2) is 29.9 Å². The lowest BCUT2D eigenvalue weighted by molar-refractivity contribution is 0.0958. The summed E-state index contributed by atoms with van der Waals surface area (Å²) in [7, 11) is 0. The molecule has 3 nitrogen and oxygen atoms in total. The first-order valence-corrected chi connectivity index (χ1v) is 10.9. The largest absolute Gasteiger partial charge is 0.305 e. The van der Waals surface area contributed by atoms with Crippen molar-refractivity contribution in [2.45, 2.75) is 39.3 Å². The normalized spacial score (nSPS) is 15.1. The number of carbonyl (C=O) groups excluding carboxylic acids is 1. The minimum absolute atomic E-state index is 0.0450. The van der Waals surface area contributed by atoms with Crippen molar-refractivity contribution in [1.29, 1.82) is 0 Å². The Morgan fingerprint density at radius 1 is 0.968 bits per heavy atom. The SMILES string of the molecule is Cc1cccc(CN2CCC(N(C(=O)c3ccccc3)c3ccc(C)c(F)c3)CC2)c1. The summed E-state index contributed by atoms with van der Waals surface area (Å²) in [5.41, 5.74) is 4.44. The van der Waals surface area contributed by atoms with Crippen LogP contribution in [0.4, 0.5) is 10.1 Å². The molecule has 31 heavy (non-hydrogen) atoms. The van der Waals surface area contributed by atoms with Crippen molar-refractivity contribution >= 4 is 11.6 Å². The molecule has 1 saturated heterocycles. The molecule has 3 aromatic carbocycles. The van der Waals surface area contributed by atoms with Crippen LogP contribution in [0, 0.1) is 19.7 Å². The summed E-state index contributed by atoms with van der Waals surface area (Å²) in [6, 6.07) is 23.0. The van der Waals surface area contributed by atoms with Gasteiger partial charge < -0.3 is 4.90 Å². The van der Waals surface area contributed by atoms with Gasteiger partial charge in [-0.2, -0.15) is 0 Å². The number of likely N-dealkylation sites (tertiary alicyclic amines) is 1. The molecule has 1 aliphatic heterocycles. The molecule has 1 aliphatic rings. The summed E-state index contributed by atoms with van der Waals surface area (Å²) in [5.74, 6) is -0.346. The second kappa shape index (κ2) is 9.44. The molecule has 3 aromatic rings. The van der Waals surface area contributed by atoms with Gasteiger partial charge in [-0.1, -0.05) is 54.1 Å². The van der Waals surface area contributed by atoms with Gasteiger partial charge in [-0.05, 0) is 62.1 Å². The van der Waals surface area contributed by atoms with Crippen LogP contribution in [-0.2, 0) is 6.54 Å². The third-order valence-electron chi connectivity index (χ3n) is 6.08. The number of hydrogen-bond donors (Lipinski definition) is 0. The maximum atomic E-state index is 14.4. The molecule has 4 rings (SSSR count). The molecular formula is C27H29FN2O. The van der Waals surface area contributed by atoms with E-state index < -0.39 is 0 Å². The van der Waals surface area contributed by atoms with Gasteiger partial charge in [0.2, 0.25) is 0 Å². The Bertz CT molecular complexity index is 1040. The standard InChI is InChI=1S/C27H29FN2O/c1-20-7-6-8-22(17-20)19-29-15-13-24(14-16-29)30(25-12-11-21(2)26(28)18-25)27(31)23-9-4-3-5-10-23/h3-12,17-18,24H,13-16,19H2,1-2H3. The maximum Gasteiger partial charge on any atom is 0.258 e. The van der Waals surface area contributed by atoms with Gasteiger partial charge in [0.05, 0.1) is 0 Å². The summed E-state index contributed by atoms with van der Waals surface area (Å²) in [6.45, 7) is 6.59. The van der Waals surface area contributed by atoms with Crippen molar-refractivity contribution in [3.05, 3.63) is 101 Å². The lowest BCUT2D eigenvalue weighted by Gasteiger charge is -2.39. The molecular weight excluding hydrogens is 387 g/mol. The molecule has 4 heteroatoms. The molecule has 1 fully saturated rings. The maximum absolute atomic E-state index is 14.4. The molecule has 0 atom stereocenters. The molecule has 0 aromatic heterocycles. The van der Waals surface area contributed by atoms with E-state index in [4.69, 9.17) is 0 Å². The number of piperidine rings is 1. The highest BCUT2D eigenvalue weighted by molar-refractivity contribution is 6.06.